The van der Waals surface area contributed by atoms with Crippen LogP contribution in [0, 0.1) is 6.92 Å². The van der Waals surface area contributed by atoms with E-state index in [1.165, 1.54) is 31.3 Å². The van der Waals surface area contributed by atoms with Gasteiger partial charge in [-0.3, -0.25) is 13.9 Å². The van der Waals surface area contributed by atoms with Crippen molar-refractivity contribution in [2.75, 3.05) is 25.1 Å². The van der Waals surface area contributed by atoms with E-state index < -0.39 is 28.5 Å². The molecule has 0 aromatic heterocycles. The van der Waals surface area contributed by atoms with Crippen LogP contribution in [0.4, 0.5) is 5.69 Å². The number of amides is 2. The highest BCUT2D eigenvalue weighted by Gasteiger charge is 2.35. The number of nitrogens with zero attached hydrogens (tertiary/aromatic N) is 2. The third-order valence-electron chi connectivity index (χ3n) is 7.99. The van der Waals surface area contributed by atoms with Crippen LogP contribution in [0.5, 0.6) is 11.5 Å². The molecule has 0 aliphatic rings. The SMILES string of the molecule is CC[C@@H](C)NC(=O)[C@H](Cc1ccccc1)N(Cc1cccc(C)c1)C(=O)CN(c1ccccc1OC)S(=O)(=O)c1ccc(OC)cc1. The van der Waals surface area contributed by atoms with Crippen LogP contribution < -0.4 is 19.1 Å². The molecule has 0 aliphatic heterocycles. The van der Waals surface area contributed by atoms with E-state index in [0.717, 1.165) is 21.0 Å². The Bertz CT molecular complexity index is 1750. The minimum atomic E-state index is -4.30. The quantitative estimate of drug-likeness (QED) is 0.174. The van der Waals surface area contributed by atoms with Crippen molar-refractivity contribution < 1.29 is 27.5 Å². The van der Waals surface area contributed by atoms with E-state index in [4.69, 9.17) is 9.47 Å². The van der Waals surface area contributed by atoms with E-state index in [1.807, 2.05) is 75.4 Å². The number of nitrogens with one attached hydrogen (secondary N) is 1. The second-order valence-electron chi connectivity index (χ2n) is 11.4. The fraction of sp³-hybridized carbons (Fsp3) is 0.297. The smallest absolute Gasteiger partial charge is 0.264 e. The summed E-state index contributed by atoms with van der Waals surface area (Å²) in [6.45, 7) is 5.35. The van der Waals surface area contributed by atoms with Crippen LogP contribution in [-0.4, -0.2) is 58.0 Å². The summed E-state index contributed by atoms with van der Waals surface area (Å²) in [4.78, 5) is 30.1. The van der Waals surface area contributed by atoms with Gasteiger partial charge in [0.15, 0.2) is 0 Å². The lowest BCUT2D eigenvalue weighted by Crippen LogP contribution is -2.54. The molecule has 0 spiro atoms. The molecule has 0 aliphatic carbocycles. The molecule has 248 valence electrons. The average Bonchev–Trinajstić information content (AvgIpc) is 3.08. The monoisotopic (exact) mass is 657 g/mol. The minimum absolute atomic E-state index is 0.0300. The predicted octanol–water partition coefficient (Wildman–Crippen LogP) is 5.76. The van der Waals surface area contributed by atoms with Crippen LogP contribution in [0.2, 0.25) is 0 Å². The lowest BCUT2D eigenvalue weighted by atomic mass is 10.0. The molecule has 47 heavy (non-hydrogen) atoms. The number of sulfonamides is 1. The Kier molecular flexibility index (Phi) is 12.0. The maximum Gasteiger partial charge on any atom is 0.264 e. The number of rotatable bonds is 15. The summed E-state index contributed by atoms with van der Waals surface area (Å²) in [7, 11) is -1.36. The van der Waals surface area contributed by atoms with Crippen molar-refractivity contribution in [2.24, 2.45) is 0 Å². The molecule has 4 rings (SSSR count). The number of methoxy groups -OCH3 is 2. The minimum Gasteiger partial charge on any atom is -0.497 e. The average molecular weight is 658 g/mol. The van der Waals surface area contributed by atoms with E-state index in [2.05, 4.69) is 5.32 Å². The second kappa shape index (κ2) is 16.1. The maximum absolute atomic E-state index is 14.7. The Balaban J connectivity index is 1.84. The summed E-state index contributed by atoms with van der Waals surface area (Å²) in [6, 6.07) is 28.7. The highest BCUT2D eigenvalue weighted by molar-refractivity contribution is 7.92. The molecule has 10 heteroatoms. The van der Waals surface area contributed by atoms with Gasteiger partial charge in [0, 0.05) is 19.0 Å². The van der Waals surface area contributed by atoms with Gasteiger partial charge in [0.1, 0.15) is 24.1 Å². The van der Waals surface area contributed by atoms with Gasteiger partial charge >= 0.3 is 0 Å². The zero-order valence-electron chi connectivity index (χ0n) is 27.6. The summed E-state index contributed by atoms with van der Waals surface area (Å²) in [5.74, 6) is -0.0944. The topological polar surface area (TPSA) is 105 Å². The van der Waals surface area contributed by atoms with Crippen molar-refractivity contribution in [3.63, 3.8) is 0 Å². The van der Waals surface area contributed by atoms with Crippen molar-refractivity contribution >= 4 is 27.5 Å². The van der Waals surface area contributed by atoms with Gasteiger partial charge in [0.05, 0.1) is 24.8 Å². The first kappa shape index (κ1) is 35.0. The number of benzene rings is 4. The van der Waals surface area contributed by atoms with Crippen molar-refractivity contribution in [3.05, 3.63) is 120 Å². The van der Waals surface area contributed by atoms with Crippen molar-refractivity contribution in [2.45, 2.75) is 57.1 Å². The zero-order valence-corrected chi connectivity index (χ0v) is 28.4. The predicted molar refractivity (Wildman–Crippen MR) is 184 cm³/mol. The Morgan fingerprint density at radius 2 is 1.49 bits per heavy atom. The fourth-order valence-corrected chi connectivity index (χ4v) is 6.65. The summed E-state index contributed by atoms with van der Waals surface area (Å²) in [5.41, 5.74) is 2.87. The molecule has 2 atom stereocenters. The van der Waals surface area contributed by atoms with Gasteiger partial charge in [-0.05, 0) is 67.8 Å². The van der Waals surface area contributed by atoms with Crippen LogP contribution in [0.1, 0.15) is 37.0 Å². The number of carbonyl (C=O) groups excluding carboxylic acids is 2. The van der Waals surface area contributed by atoms with Gasteiger partial charge in [-0.1, -0.05) is 79.2 Å². The van der Waals surface area contributed by atoms with E-state index in [-0.39, 0.29) is 41.2 Å². The number of anilines is 1. The zero-order chi connectivity index (χ0) is 34.0. The fourth-order valence-electron chi connectivity index (χ4n) is 5.23. The molecule has 0 saturated heterocycles. The molecule has 0 heterocycles. The van der Waals surface area contributed by atoms with Crippen LogP contribution >= 0.6 is 0 Å². The van der Waals surface area contributed by atoms with Gasteiger partial charge in [0.25, 0.3) is 10.0 Å². The third-order valence-corrected chi connectivity index (χ3v) is 9.76. The number of para-hydroxylation sites is 2. The van der Waals surface area contributed by atoms with Crippen molar-refractivity contribution in [3.8, 4) is 11.5 Å². The van der Waals surface area contributed by atoms with Crippen LogP contribution in [0.15, 0.2) is 108 Å². The van der Waals surface area contributed by atoms with Crippen molar-refractivity contribution in [1.82, 2.24) is 10.2 Å². The van der Waals surface area contributed by atoms with E-state index in [9.17, 15) is 18.0 Å². The first-order valence-corrected chi connectivity index (χ1v) is 17.0. The Morgan fingerprint density at radius 3 is 2.13 bits per heavy atom. The standard InChI is InChI=1S/C37H43N3O6S/c1-6-28(3)38-37(42)34(24-29-14-8-7-9-15-29)39(25-30-16-12-13-27(2)23-30)36(41)26-40(33-17-10-11-18-35(33)46-5)47(43,44)32-21-19-31(45-4)20-22-32/h7-23,28,34H,6,24-26H2,1-5H3,(H,38,42)/t28-,34+/m1/s1. The van der Waals surface area contributed by atoms with Gasteiger partial charge < -0.3 is 19.7 Å². The molecule has 9 nitrogen and oxygen atoms in total. The highest BCUT2D eigenvalue weighted by Crippen LogP contribution is 2.33. The van der Waals surface area contributed by atoms with Gasteiger partial charge in [-0.25, -0.2) is 8.42 Å². The Morgan fingerprint density at radius 1 is 0.830 bits per heavy atom. The largest absolute Gasteiger partial charge is 0.497 e. The van der Waals surface area contributed by atoms with Gasteiger partial charge in [-0.15, -0.1) is 0 Å². The molecule has 0 saturated carbocycles. The Labute approximate surface area is 278 Å². The normalized spacial score (nSPS) is 12.4. The van der Waals surface area contributed by atoms with Crippen LogP contribution in [0.25, 0.3) is 0 Å². The molecule has 0 bridgehead atoms. The lowest BCUT2D eigenvalue weighted by molar-refractivity contribution is -0.140. The molecule has 2 amide bonds. The summed E-state index contributed by atoms with van der Waals surface area (Å²) in [5, 5.41) is 3.06. The molecule has 0 radical (unpaired) electrons. The van der Waals surface area contributed by atoms with Crippen LogP contribution in [-0.2, 0) is 32.6 Å². The van der Waals surface area contributed by atoms with Crippen LogP contribution in [0.3, 0.4) is 0 Å². The number of hydrogen-bond acceptors (Lipinski definition) is 6. The molecule has 4 aromatic rings. The number of hydrogen-bond donors (Lipinski definition) is 1. The van der Waals surface area contributed by atoms with Gasteiger partial charge in [0.2, 0.25) is 11.8 Å². The third kappa shape index (κ3) is 8.92. The Hall–Kier alpha value is -4.83. The van der Waals surface area contributed by atoms with Crippen molar-refractivity contribution in [1.29, 1.82) is 0 Å². The summed E-state index contributed by atoms with van der Waals surface area (Å²) >= 11 is 0. The molecule has 0 fully saturated rings. The lowest BCUT2D eigenvalue weighted by Gasteiger charge is -2.34. The molecule has 4 aromatic carbocycles. The first-order valence-electron chi connectivity index (χ1n) is 15.6. The molecular formula is C37H43N3O6S. The molecular weight excluding hydrogens is 614 g/mol. The second-order valence-corrected chi connectivity index (χ2v) is 13.3. The first-order chi connectivity index (χ1) is 22.6. The summed E-state index contributed by atoms with van der Waals surface area (Å²) in [6.07, 6.45) is 0.942. The highest BCUT2D eigenvalue weighted by atomic mass is 32.2. The van der Waals surface area contributed by atoms with Gasteiger partial charge in [-0.2, -0.15) is 0 Å². The molecule has 1 N–H and O–H groups in total. The molecule has 0 unspecified atom stereocenters. The number of aryl methyl sites for hydroxylation is 1. The van der Waals surface area contributed by atoms with E-state index in [0.29, 0.717) is 12.2 Å². The number of carbonyl (C=O) groups is 2. The number of ether oxygens (including phenoxy) is 2. The van der Waals surface area contributed by atoms with E-state index >= 15 is 0 Å². The maximum atomic E-state index is 14.7. The van der Waals surface area contributed by atoms with E-state index in [1.54, 1.807) is 36.4 Å². The summed E-state index contributed by atoms with van der Waals surface area (Å²) < 4.78 is 40.5.